The number of carbonyl (C=O) groups is 2. The molecule has 1 amide bonds. The van der Waals surface area contributed by atoms with Crippen LogP contribution in [0.4, 0.5) is 8.78 Å². The van der Waals surface area contributed by atoms with Gasteiger partial charge in [-0.2, -0.15) is 0 Å². The van der Waals surface area contributed by atoms with E-state index < -0.39 is 35.0 Å². The Hall–Kier alpha value is -2.02. The summed E-state index contributed by atoms with van der Waals surface area (Å²) in [4.78, 5) is 23.7. The fraction of sp³-hybridized carbons (Fsp3) is 0.500. The number of aliphatic carboxylic acids is 1. The number of hydrogen-bond donors (Lipinski definition) is 2. The van der Waals surface area contributed by atoms with Crippen LogP contribution in [0.2, 0.25) is 0 Å². The number of ether oxygens (including phenoxy) is 1. The normalized spacial score (nSPS) is 18.2. The molecular formula is C16H19F2NO4. The molecule has 5 nitrogen and oxygen atoms in total. The van der Waals surface area contributed by atoms with Crippen molar-refractivity contribution in [3.8, 4) is 0 Å². The number of carbonyl (C=O) groups excluding carboxylic acids is 1. The van der Waals surface area contributed by atoms with Gasteiger partial charge < -0.3 is 15.2 Å². The minimum Gasteiger partial charge on any atom is -0.480 e. The van der Waals surface area contributed by atoms with Gasteiger partial charge in [-0.1, -0.05) is 13.0 Å². The standard InChI is InChI=1S/C16H19F2NO4/c1-10(12-3-2-11(17)9-13(12)18)8-14(20)19-16(15(21)22)4-6-23-7-5-16/h2-3,9-10H,4-8H2,1H3,(H,19,20)(H,21,22). The molecule has 0 saturated carbocycles. The number of carboxylic acids is 1. The number of benzene rings is 1. The SMILES string of the molecule is CC(CC(=O)NC1(C(=O)O)CCOCC1)c1ccc(F)cc1F. The number of hydrogen-bond acceptors (Lipinski definition) is 3. The van der Waals surface area contributed by atoms with Gasteiger partial charge in [-0.15, -0.1) is 0 Å². The molecule has 0 aromatic heterocycles. The zero-order chi connectivity index (χ0) is 17.0. The van der Waals surface area contributed by atoms with Crippen LogP contribution in [0, 0.1) is 11.6 Å². The smallest absolute Gasteiger partial charge is 0.329 e. The second kappa shape index (κ2) is 7.04. The summed E-state index contributed by atoms with van der Waals surface area (Å²) >= 11 is 0. The molecule has 1 unspecified atom stereocenters. The molecule has 1 saturated heterocycles. The summed E-state index contributed by atoms with van der Waals surface area (Å²) in [5.41, 5.74) is -1.12. The van der Waals surface area contributed by atoms with Crippen LogP contribution in [0.1, 0.15) is 37.7 Å². The van der Waals surface area contributed by atoms with Gasteiger partial charge in [-0.05, 0) is 17.5 Å². The third-order valence-corrected chi connectivity index (χ3v) is 4.12. The van der Waals surface area contributed by atoms with Crippen LogP contribution in [0.25, 0.3) is 0 Å². The van der Waals surface area contributed by atoms with Crippen molar-refractivity contribution in [3.05, 3.63) is 35.4 Å². The lowest BCUT2D eigenvalue weighted by molar-refractivity contribution is -0.152. The first kappa shape index (κ1) is 17.3. The molecule has 1 aromatic carbocycles. The molecule has 126 valence electrons. The van der Waals surface area contributed by atoms with Crippen molar-refractivity contribution in [2.45, 2.75) is 37.6 Å². The van der Waals surface area contributed by atoms with E-state index in [4.69, 9.17) is 4.74 Å². The van der Waals surface area contributed by atoms with Crippen LogP contribution in [0.3, 0.4) is 0 Å². The molecule has 1 heterocycles. The Morgan fingerprint density at radius 2 is 2.00 bits per heavy atom. The average molecular weight is 327 g/mol. The number of nitrogens with one attached hydrogen (secondary N) is 1. The number of halogens is 2. The van der Waals surface area contributed by atoms with Gasteiger partial charge in [0.05, 0.1) is 0 Å². The fourth-order valence-corrected chi connectivity index (χ4v) is 2.72. The molecule has 0 radical (unpaired) electrons. The Labute approximate surface area is 132 Å². The average Bonchev–Trinajstić information content (AvgIpc) is 2.47. The molecule has 0 aliphatic carbocycles. The zero-order valence-electron chi connectivity index (χ0n) is 12.8. The molecule has 7 heteroatoms. The Morgan fingerprint density at radius 1 is 1.35 bits per heavy atom. The van der Waals surface area contributed by atoms with Gasteiger partial charge in [0, 0.05) is 38.5 Å². The quantitative estimate of drug-likeness (QED) is 0.869. The fourth-order valence-electron chi connectivity index (χ4n) is 2.72. The van der Waals surface area contributed by atoms with Gasteiger partial charge in [0.25, 0.3) is 0 Å². The van der Waals surface area contributed by atoms with Gasteiger partial charge in [-0.25, -0.2) is 13.6 Å². The summed E-state index contributed by atoms with van der Waals surface area (Å²) in [5, 5.41) is 11.9. The summed E-state index contributed by atoms with van der Waals surface area (Å²) in [5.74, 6) is -3.49. The maximum Gasteiger partial charge on any atom is 0.329 e. The molecular weight excluding hydrogens is 308 g/mol. The Morgan fingerprint density at radius 3 is 2.57 bits per heavy atom. The maximum absolute atomic E-state index is 13.7. The van der Waals surface area contributed by atoms with Crippen LogP contribution in [-0.2, 0) is 14.3 Å². The van der Waals surface area contributed by atoms with Crippen molar-refractivity contribution in [1.82, 2.24) is 5.32 Å². The number of rotatable bonds is 5. The molecule has 1 atom stereocenters. The Balaban J connectivity index is 2.04. The van der Waals surface area contributed by atoms with Crippen LogP contribution < -0.4 is 5.32 Å². The monoisotopic (exact) mass is 327 g/mol. The highest BCUT2D eigenvalue weighted by atomic mass is 19.1. The minimum atomic E-state index is -1.34. The van der Waals surface area contributed by atoms with E-state index in [1.165, 1.54) is 6.07 Å². The molecule has 2 N–H and O–H groups in total. The molecule has 1 fully saturated rings. The van der Waals surface area contributed by atoms with Crippen LogP contribution in [0.5, 0.6) is 0 Å². The highest BCUT2D eigenvalue weighted by molar-refractivity contribution is 5.87. The molecule has 0 bridgehead atoms. The highest BCUT2D eigenvalue weighted by Gasteiger charge is 2.41. The van der Waals surface area contributed by atoms with Gasteiger partial charge >= 0.3 is 5.97 Å². The van der Waals surface area contributed by atoms with E-state index >= 15 is 0 Å². The molecule has 1 aliphatic heterocycles. The minimum absolute atomic E-state index is 0.0849. The molecule has 0 spiro atoms. The summed E-state index contributed by atoms with van der Waals surface area (Å²) in [7, 11) is 0. The lowest BCUT2D eigenvalue weighted by Gasteiger charge is -2.34. The van der Waals surface area contributed by atoms with E-state index in [0.29, 0.717) is 0 Å². The van der Waals surface area contributed by atoms with Crippen molar-refractivity contribution in [2.75, 3.05) is 13.2 Å². The molecule has 1 aromatic rings. The first-order valence-corrected chi connectivity index (χ1v) is 7.41. The largest absolute Gasteiger partial charge is 0.480 e. The van der Waals surface area contributed by atoms with Crippen molar-refractivity contribution in [1.29, 1.82) is 0 Å². The van der Waals surface area contributed by atoms with Crippen molar-refractivity contribution in [2.24, 2.45) is 0 Å². The van der Waals surface area contributed by atoms with E-state index in [1.54, 1.807) is 6.92 Å². The van der Waals surface area contributed by atoms with Gasteiger partial charge in [0.2, 0.25) is 5.91 Å². The molecule has 1 aliphatic rings. The topological polar surface area (TPSA) is 75.6 Å². The predicted octanol–water partition coefficient (Wildman–Crippen LogP) is 2.21. The van der Waals surface area contributed by atoms with Crippen LogP contribution in [0.15, 0.2) is 18.2 Å². The second-order valence-corrected chi connectivity index (χ2v) is 5.82. The van der Waals surface area contributed by atoms with Crippen molar-refractivity contribution in [3.63, 3.8) is 0 Å². The number of amides is 1. The third-order valence-electron chi connectivity index (χ3n) is 4.12. The van der Waals surface area contributed by atoms with E-state index in [2.05, 4.69) is 5.32 Å². The summed E-state index contributed by atoms with van der Waals surface area (Å²) in [6.07, 6.45) is 0.291. The van der Waals surface area contributed by atoms with Gasteiger partial charge in [-0.3, -0.25) is 4.79 Å². The lowest BCUT2D eigenvalue weighted by Crippen LogP contribution is -2.57. The highest BCUT2D eigenvalue weighted by Crippen LogP contribution is 2.25. The second-order valence-electron chi connectivity index (χ2n) is 5.82. The van der Waals surface area contributed by atoms with Gasteiger partial charge in [0.15, 0.2) is 0 Å². The van der Waals surface area contributed by atoms with Crippen LogP contribution >= 0.6 is 0 Å². The summed E-state index contributed by atoms with van der Waals surface area (Å²) in [6.45, 7) is 2.15. The number of carboxylic acid groups (broad SMARTS) is 1. The van der Waals surface area contributed by atoms with Gasteiger partial charge in [0.1, 0.15) is 17.2 Å². The first-order valence-electron chi connectivity index (χ1n) is 7.41. The summed E-state index contributed by atoms with van der Waals surface area (Å²) in [6, 6.07) is 3.19. The summed E-state index contributed by atoms with van der Waals surface area (Å²) < 4.78 is 31.8. The first-order chi connectivity index (χ1) is 10.8. The predicted molar refractivity (Wildman–Crippen MR) is 78.0 cm³/mol. The molecule has 23 heavy (non-hydrogen) atoms. The van der Waals surface area contributed by atoms with E-state index in [9.17, 15) is 23.5 Å². The lowest BCUT2D eigenvalue weighted by atomic mass is 9.89. The van der Waals surface area contributed by atoms with E-state index in [-0.39, 0.29) is 38.0 Å². The Bertz CT molecular complexity index is 600. The van der Waals surface area contributed by atoms with Crippen LogP contribution in [-0.4, -0.2) is 35.7 Å². The van der Waals surface area contributed by atoms with E-state index in [1.807, 2.05) is 0 Å². The Kier molecular flexibility index (Phi) is 5.30. The maximum atomic E-state index is 13.7. The third kappa shape index (κ3) is 4.04. The van der Waals surface area contributed by atoms with Crippen molar-refractivity contribution >= 4 is 11.9 Å². The van der Waals surface area contributed by atoms with Crippen molar-refractivity contribution < 1.29 is 28.2 Å². The van der Waals surface area contributed by atoms with E-state index in [0.717, 1.165) is 12.1 Å². The molecule has 2 rings (SSSR count). The zero-order valence-corrected chi connectivity index (χ0v) is 12.8.